The van der Waals surface area contributed by atoms with Crippen LogP contribution in [0.5, 0.6) is 0 Å². The molecule has 5 unspecified atom stereocenters. The van der Waals surface area contributed by atoms with E-state index in [0.29, 0.717) is 77.9 Å². The fraction of sp³-hybridized carbons (Fsp3) is 0.585. The number of rotatable bonds is 40. The first kappa shape index (κ1) is 113. The third-order valence-corrected chi connectivity index (χ3v) is 32.0. The second kappa shape index (κ2) is 57.3. The van der Waals surface area contributed by atoms with Gasteiger partial charge in [0.05, 0.1) is 0 Å². The summed E-state index contributed by atoms with van der Waals surface area (Å²) in [5.74, 6) is 3.37. The average molecular weight is 2040 g/mol. The molecule has 24 nitrogen and oxygen atoms in total. The van der Waals surface area contributed by atoms with E-state index < -0.39 is 0 Å². The molecule has 806 valence electrons. The average Bonchev–Trinajstić information content (AvgIpc) is 1.65. The third-order valence-electron chi connectivity index (χ3n) is 32.0. The smallest absolute Gasteiger partial charge is 0.274 e. The lowest BCUT2D eigenvalue weighted by Gasteiger charge is -2.27. The Labute approximate surface area is 888 Å². The number of aryl methyl sites for hydroxylation is 7. The maximum atomic E-state index is 13.4. The number of nitrogens with zero attached hydrogens (tertiary/aromatic N) is 18. The number of likely N-dealkylation sites (tertiary alicyclic amines) is 3. The second-order valence-electron chi connectivity index (χ2n) is 44.4. The molecule has 3 aliphatic heterocycles. The molecule has 5 atom stereocenters. The van der Waals surface area contributed by atoms with Crippen molar-refractivity contribution in [2.75, 3.05) is 102 Å². The lowest BCUT2D eigenvalue weighted by Crippen LogP contribution is -2.36. The maximum absolute atomic E-state index is 13.4. The monoisotopic (exact) mass is 2040 g/mol. The van der Waals surface area contributed by atoms with Crippen LogP contribution in [-0.4, -0.2) is 225 Å². The van der Waals surface area contributed by atoms with E-state index in [9.17, 15) is 37.5 Å². The lowest BCUT2D eigenvalue weighted by atomic mass is 9.82. The predicted octanol–water partition coefficient (Wildman–Crippen LogP) is 22.1. The Morgan fingerprint density at radius 1 is 0.309 bits per heavy atom. The number of amides is 6. The Morgan fingerprint density at radius 2 is 0.591 bits per heavy atom. The summed E-state index contributed by atoms with van der Waals surface area (Å²) in [5, 5.41) is 24.0. The highest BCUT2D eigenvalue weighted by molar-refractivity contribution is 5.97. The van der Waals surface area contributed by atoms with Gasteiger partial charge in [-0.3, -0.25) is 52.2 Å². The molecule has 8 aliphatic rings. The fourth-order valence-electron chi connectivity index (χ4n) is 23.8. The number of benzene rings is 5. The third kappa shape index (κ3) is 31.7. The van der Waals surface area contributed by atoms with Gasteiger partial charge in [0.1, 0.15) is 11.6 Å². The van der Waals surface area contributed by atoms with Crippen LogP contribution in [0.1, 0.15) is 345 Å². The van der Waals surface area contributed by atoms with Gasteiger partial charge in [0.15, 0.2) is 28.5 Å². The van der Waals surface area contributed by atoms with Gasteiger partial charge in [0.25, 0.3) is 29.5 Å². The first-order valence-corrected chi connectivity index (χ1v) is 57.3. The predicted molar refractivity (Wildman–Crippen MR) is 591 cm³/mol. The minimum atomic E-state index is -0.192. The molecule has 0 radical (unpaired) electrons. The van der Waals surface area contributed by atoms with E-state index in [2.05, 4.69) is 120 Å². The van der Waals surface area contributed by atoms with Gasteiger partial charge in [-0.1, -0.05) is 163 Å². The molecule has 8 heterocycles. The number of unbranched alkanes of at least 4 members (excludes halogenated alkanes) is 1. The van der Waals surface area contributed by atoms with Crippen molar-refractivity contribution < 1.29 is 37.5 Å². The first-order chi connectivity index (χ1) is 72.3. The molecule has 18 rings (SSSR count). The summed E-state index contributed by atoms with van der Waals surface area (Å²) >= 11 is 0. The Bertz CT molecular complexity index is 5870. The van der Waals surface area contributed by atoms with E-state index >= 15 is 0 Å². The standard InChI is InChI=1S/C27H32FN3O.C27H38N4O2.C24H32FN3O.C24H36N4O.C21H36N4O/c1-3-17-31-25-16-13-21(10-9-20-11-14-23(28)15-12-20)18-24(25)26(29-31)27(32)30(2)19-22-7-5-4-6-8-22;1-3-16-31-24-15-14-21(10-7-8-17-30-18-9-13-25(30)32)19-23(24)26(28-31)27(33)29(2)20-22-11-5-4-6-12-22;1-2-14-28-22-13-10-19(7-6-18-8-11-20(25)12-9-18)17-21(22)23(26-28)24(29)27-15-4-3-5-16-27;1-5-15-28-22-14-13-19(12-9-16-26(2)3)17-21(22)23(25-28)24(29)27(4)18-20-10-7-6-8-11-20;1-4-12-25-19-11-10-17(9-8-13-23(2)3)16-18(19)20(22-25)21(26)24-14-6-5-7-15-24/h4-8,11-12,14-15,21H,3,9-10,13,16-19H2,1-2H3;4-6,11-12,21H,3,7-10,13-20H2,1-2H3;8-9,11-12,19H,2-7,10,13-17H2,1H3;6-8,10-11,19H,5,9,12-18H2,1-4H3;17H,4-16H2,1-3H3. The van der Waals surface area contributed by atoms with Crippen LogP contribution in [0.4, 0.5) is 8.78 Å². The highest BCUT2D eigenvalue weighted by Gasteiger charge is 2.38. The van der Waals surface area contributed by atoms with Crippen LogP contribution >= 0.6 is 0 Å². The lowest BCUT2D eigenvalue weighted by molar-refractivity contribution is -0.127. The minimum absolute atomic E-state index is 0.000796. The Balaban J connectivity index is 0.000000147. The van der Waals surface area contributed by atoms with Crippen LogP contribution < -0.4 is 0 Å². The molecule has 149 heavy (non-hydrogen) atoms. The zero-order valence-electron chi connectivity index (χ0n) is 92.3. The van der Waals surface area contributed by atoms with Gasteiger partial charge < -0.3 is 39.2 Å². The molecule has 5 aliphatic carbocycles. The second-order valence-corrected chi connectivity index (χ2v) is 44.4. The molecule has 26 heteroatoms. The zero-order chi connectivity index (χ0) is 105. The van der Waals surface area contributed by atoms with Crippen molar-refractivity contribution in [3.8, 4) is 0 Å². The Hall–Kier alpha value is -11.3. The Kier molecular flexibility index (Phi) is 43.6. The normalized spacial score (nSPS) is 17.7. The van der Waals surface area contributed by atoms with Crippen molar-refractivity contribution in [1.82, 2.24) is 88.1 Å². The highest BCUT2D eigenvalue weighted by Crippen LogP contribution is 2.39. The molecule has 0 spiro atoms. The number of hydrogen-bond donors (Lipinski definition) is 0. The van der Waals surface area contributed by atoms with E-state index in [1.807, 2.05) is 132 Å². The van der Waals surface area contributed by atoms with Crippen molar-refractivity contribution in [2.45, 2.75) is 337 Å². The number of fused-ring (bicyclic) bond motifs is 5. The molecule has 0 saturated carbocycles. The van der Waals surface area contributed by atoms with E-state index in [1.165, 1.54) is 126 Å². The van der Waals surface area contributed by atoms with Crippen molar-refractivity contribution in [2.24, 2.45) is 29.6 Å². The molecule has 5 aromatic heterocycles. The number of aromatic nitrogens is 10. The molecule has 5 aromatic carbocycles. The largest absolute Gasteiger partial charge is 0.343 e. The van der Waals surface area contributed by atoms with Gasteiger partial charge in [0, 0.05) is 175 Å². The van der Waals surface area contributed by atoms with E-state index in [-0.39, 0.29) is 41.2 Å². The van der Waals surface area contributed by atoms with Gasteiger partial charge in [-0.25, -0.2) is 8.78 Å². The van der Waals surface area contributed by atoms with Gasteiger partial charge in [0.2, 0.25) is 5.91 Å². The Morgan fingerprint density at radius 3 is 0.872 bits per heavy atom. The van der Waals surface area contributed by atoms with Crippen molar-refractivity contribution in [1.29, 1.82) is 0 Å². The maximum Gasteiger partial charge on any atom is 0.274 e. The number of carbonyl (C=O) groups excluding carboxylic acids is 6. The van der Waals surface area contributed by atoms with Crippen LogP contribution in [0.25, 0.3) is 0 Å². The van der Waals surface area contributed by atoms with Gasteiger partial charge in [-0.15, -0.1) is 0 Å². The SMILES string of the molecule is CCCn1nc(C(=O)N(C)Cc2ccccc2)c2c1CCC(CCCCN1CCCC1=O)C2.CCCn1nc(C(=O)N(C)Cc2ccccc2)c2c1CCC(CCCN(C)C)C2.CCCn1nc(C(=O)N(C)Cc2ccccc2)c2c1CCC(CCc1ccc(F)cc1)C2.CCCn1nc(C(=O)N2CCCCC2)c2c1CCC(CCCN(C)C)C2.CCCn1nc(C(=O)N2CCCCC2)c2c1CCC(CCc1ccc(F)cc1)C2. The summed E-state index contributed by atoms with van der Waals surface area (Å²) in [6.45, 7) is 24.7. The van der Waals surface area contributed by atoms with E-state index in [1.54, 1.807) is 21.9 Å². The summed E-state index contributed by atoms with van der Waals surface area (Å²) in [4.78, 5) is 94.2. The topological polar surface area (TPSA) is 217 Å². The van der Waals surface area contributed by atoms with Crippen LogP contribution in [0.2, 0.25) is 0 Å². The zero-order valence-corrected chi connectivity index (χ0v) is 92.3. The van der Waals surface area contributed by atoms with Crippen LogP contribution in [0, 0.1) is 41.2 Å². The molecule has 0 bridgehead atoms. The molecule has 3 saturated heterocycles. The molecule has 0 N–H and O–H groups in total. The number of halogens is 2. The van der Waals surface area contributed by atoms with Gasteiger partial charge >= 0.3 is 0 Å². The summed E-state index contributed by atoms with van der Waals surface area (Å²) in [7, 11) is 14.2. The fourth-order valence-corrected chi connectivity index (χ4v) is 23.8. The molecule has 6 amide bonds. The molecular formula is C123H174F2N18O6. The van der Waals surface area contributed by atoms with Gasteiger partial charge in [-0.05, 0) is 354 Å². The van der Waals surface area contributed by atoms with Crippen LogP contribution in [-0.2, 0) is 134 Å². The number of piperidine rings is 2. The van der Waals surface area contributed by atoms with E-state index in [4.69, 9.17) is 25.5 Å². The minimum Gasteiger partial charge on any atom is -0.343 e. The van der Waals surface area contributed by atoms with E-state index in [0.717, 1.165) is 311 Å². The summed E-state index contributed by atoms with van der Waals surface area (Å²) < 4.78 is 36.8. The van der Waals surface area contributed by atoms with Crippen molar-refractivity contribution in [3.05, 3.63) is 264 Å². The summed E-state index contributed by atoms with van der Waals surface area (Å²) in [6.07, 6.45) is 41.9. The number of carbonyl (C=O) groups is 6. The quantitative estimate of drug-likeness (QED) is 0.0327. The van der Waals surface area contributed by atoms with Crippen LogP contribution in [0.3, 0.4) is 0 Å². The summed E-state index contributed by atoms with van der Waals surface area (Å²) in [6, 6.07) is 44.0. The molecule has 10 aromatic rings. The summed E-state index contributed by atoms with van der Waals surface area (Å²) in [5.41, 5.74) is 21.6. The van der Waals surface area contributed by atoms with Crippen molar-refractivity contribution >= 4 is 35.4 Å². The highest BCUT2D eigenvalue weighted by atomic mass is 19.1. The first-order valence-electron chi connectivity index (χ1n) is 57.3. The van der Waals surface area contributed by atoms with Gasteiger partial charge in [-0.2, -0.15) is 25.5 Å². The molecule has 3 fully saturated rings. The van der Waals surface area contributed by atoms with Crippen LogP contribution in [0.15, 0.2) is 140 Å². The molecular weight excluding hydrogens is 1860 g/mol. The van der Waals surface area contributed by atoms with Crippen molar-refractivity contribution in [3.63, 3.8) is 0 Å². The number of hydrogen-bond acceptors (Lipinski definition) is 13.